The molecular weight excluding hydrogens is 314 g/mol. The van der Waals surface area contributed by atoms with Crippen LogP contribution in [0.1, 0.15) is 32.8 Å². The molecule has 23 heavy (non-hydrogen) atoms. The molecule has 0 saturated heterocycles. The van der Waals surface area contributed by atoms with Crippen LogP contribution in [0.3, 0.4) is 0 Å². The van der Waals surface area contributed by atoms with Crippen LogP contribution in [-0.4, -0.2) is 28.8 Å². The van der Waals surface area contributed by atoms with E-state index in [1.165, 1.54) is 0 Å². The molecule has 1 amide bonds. The van der Waals surface area contributed by atoms with Gasteiger partial charge in [0.25, 0.3) is 0 Å². The number of carboxylic acids is 1. The third kappa shape index (κ3) is 5.25. The number of ether oxygens (including phenoxy) is 1. The van der Waals surface area contributed by atoms with E-state index in [4.69, 9.17) is 9.84 Å². The van der Waals surface area contributed by atoms with E-state index in [2.05, 4.69) is 5.32 Å². The molecule has 0 saturated carbocycles. The van der Waals surface area contributed by atoms with Crippen molar-refractivity contribution in [1.29, 1.82) is 0 Å². The number of thiophene rings is 1. The lowest BCUT2D eigenvalue weighted by atomic mass is 10.0. The van der Waals surface area contributed by atoms with Crippen molar-refractivity contribution < 1.29 is 19.4 Å². The number of hydrogen-bond acceptors (Lipinski definition) is 4. The van der Waals surface area contributed by atoms with Gasteiger partial charge in [-0.2, -0.15) is 0 Å². The fourth-order valence-electron chi connectivity index (χ4n) is 2.32. The first-order chi connectivity index (χ1) is 10.7. The Bertz CT molecular complexity index is 702. The molecule has 2 rings (SSSR count). The van der Waals surface area contributed by atoms with Gasteiger partial charge in [0.05, 0.1) is 6.42 Å². The Kier molecular flexibility index (Phi) is 5.26. The molecular formula is C17H21NO4S. The second-order valence-corrected chi connectivity index (χ2v) is 7.31. The number of hydrogen-bond donors (Lipinski definition) is 2. The predicted molar refractivity (Wildman–Crippen MR) is 90.9 cm³/mol. The number of carboxylic acid groups (broad SMARTS) is 1. The summed E-state index contributed by atoms with van der Waals surface area (Å²) in [6.07, 6.45) is -0.290. The quantitative estimate of drug-likeness (QED) is 0.871. The van der Waals surface area contributed by atoms with E-state index in [-0.39, 0.29) is 6.42 Å². The highest BCUT2D eigenvalue weighted by atomic mass is 32.1. The first-order valence-electron chi connectivity index (χ1n) is 7.41. The molecule has 6 heteroatoms. The van der Waals surface area contributed by atoms with Crippen LogP contribution >= 0.6 is 11.3 Å². The van der Waals surface area contributed by atoms with Crippen LogP contribution in [0.15, 0.2) is 29.6 Å². The fourth-order valence-corrected chi connectivity index (χ4v) is 3.29. The van der Waals surface area contributed by atoms with Gasteiger partial charge in [-0.05, 0) is 49.6 Å². The highest BCUT2D eigenvalue weighted by molar-refractivity contribution is 7.17. The van der Waals surface area contributed by atoms with Crippen molar-refractivity contribution >= 4 is 33.5 Å². The molecule has 0 fully saturated rings. The number of rotatable bonds is 5. The molecule has 5 nitrogen and oxygen atoms in total. The van der Waals surface area contributed by atoms with Gasteiger partial charge in [-0.15, -0.1) is 11.3 Å². The molecule has 0 aliphatic heterocycles. The maximum absolute atomic E-state index is 11.9. The Morgan fingerprint density at radius 2 is 2.00 bits per heavy atom. The van der Waals surface area contributed by atoms with Crippen LogP contribution in [0.5, 0.6) is 0 Å². The zero-order valence-corrected chi connectivity index (χ0v) is 14.3. The second-order valence-electron chi connectivity index (χ2n) is 6.40. The molecule has 0 aliphatic rings. The number of aliphatic carboxylic acids is 1. The second kappa shape index (κ2) is 7.00. The largest absolute Gasteiger partial charge is 0.481 e. The summed E-state index contributed by atoms with van der Waals surface area (Å²) in [4.78, 5) is 23.0. The smallest absolute Gasteiger partial charge is 0.407 e. The Balaban J connectivity index is 2.12. The Morgan fingerprint density at radius 1 is 1.30 bits per heavy atom. The van der Waals surface area contributed by atoms with Crippen LogP contribution < -0.4 is 5.32 Å². The van der Waals surface area contributed by atoms with Crippen LogP contribution in [0.25, 0.3) is 10.1 Å². The van der Waals surface area contributed by atoms with Gasteiger partial charge in [0.15, 0.2) is 0 Å². The Morgan fingerprint density at radius 3 is 2.65 bits per heavy atom. The van der Waals surface area contributed by atoms with E-state index in [0.29, 0.717) is 6.42 Å². The van der Waals surface area contributed by atoms with Crippen molar-refractivity contribution in [3.63, 3.8) is 0 Å². The molecule has 0 aliphatic carbocycles. The SMILES string of the molecule is CC(C)(C)OC(=O)N[C@H](CC(=O)O)Cc1csc2ccccc12. The van der Waals surface area contributed by atoms with Gasteiger partial charge in [0.2, 0.25) is 0 Å². The van der Waals surface area contributed by atoms with Crippen LogP contribution in [-0.2, 0) is 16.0 Å². The Labute approximate surface area is 139 Å². The maximum Gasteiger partial charge on any atom is 0.407 e. The zero-order valence-electron chi connectivity index (χ0n) is 13.5. The van der Waals surface area contributed by atoms with Gasteiger partial charge in [-0.3, -0.25) is 4.79 Å². The first kappa shape index (κ1) is 17.3. The van der Waals surface area contributed by atoms with Crippen molar-refractivity contribution in [3.05, 3.63) is 35.2 Å². The van der Waals surface area contributed by atoms with Crippen LogP contribution in [0, 0.1) is 0 Å². The molecule has 0 spiro atoms. The summed E-state index contributed by atoms with van der Waals surface area (Å²) >= 11 is 1.61. The fraction of sp³-hybridized carbons (Fsp3) is 0.412. The predicted octanol–water partition coefficient (Wildman–Crippen LogP) is 3.81. The number of alkyl carbamates (subject to hydrolysis) is 1. The lowest BCUT2D eigenvalue weighted by molar-refractivity contribution is -0.137. The average Bonchev–Trinajstić information content (AvgIpc) is 2.79. The molecule has 0 unspecified atom stereocenters. The number of fused-ring (bicyclic) bond motifs is 1. The molecule has 1 atom stereocenters. The first-order valence-corrected chi connectivity index (χ1v) is 8.29. The van der Waals surface area contributed by atoms with Crippen molar-refractivity contribution in [2.45, 2.75) is 45.3 Å². The number of nitrogens with one attached hydrogen (secondary N) is 1. The molecule has 2 N–H and O–H groups in total. The van der Waals surface area contributed by atoms with Crippen LogP contribution in [0.4, 0.5) is 4.79 Å². The minimum absolute atomic E-state index is 0.149. The maximum atomic E-state index is 11.9. The van der Waals surface area contributed by atoms with Crippen molar-refractivity contribution in [2.75, 3.05) is 0 Å². The highest BCUT2D eigenvalue weighted by Crippen LogP contribution is 2.27. The minimum Gasteiger partial charge on any atom is -0.481 e. The topological polar surface area (TPSA) is 75.6 Å². The summed E-state index contributed by atoms with van der Waals surface area (Å²) in [7, 11) is 0. The Hall–Kier alpha value is -2.08. The van der Waals surface area contributed by atoms with Gasteiger partial charge in [-0.1, -0.05) is 18.2 Å². The summed E-state index contributed by atoms with van der Waals surface area (Å²) in [6.45, 7) is 5.31. The van der Waals surface area contributed by atoms with Crippen molar-refractivity contribution in [3.8, 4) is 0 Å². The summed E-state index contributed by atoms with van der Waals surface area (Å²) in [5, 5.41) is 14.9. The monoisotopic (exact) mass is 335 g/mol. The number of amides is 1. The normalized spacial score (nSPS) is 12.8. The van der Waals surface area contributed by atoms with E-state index in [1.54, 1.807) is 32.1 Å². The van der Waals surface area contributed by atoms with Crippen molar-refractivity contribution in [1.82, 2.24) is 5.32 Å². The molecule has 1 aromatic carbocycles. The number of carbonyl (C=O) groups is 2. The van der Waals surface area contributed by atoms with E-state index in [1.807, 2.05) is 29.6 Å². The summed E-state index contributed by atoms with van der Waals surface area (Å²) in [6, 6.07) is 7.44. The molecule has 2 aromatic rings. The third-order valence-electron chi connectivity index (χ3n) is 3.17. The van der Waals surface area contributed by atoms with E-state index in [9.17, 15) is 9.59 Å². The summed E-state index contributed by atoms with van der Waals surface area (Å²) < 4.78 is 6.36. The third-order valence-corrected chi connectivity index (χ3v) is 4.18. The highest BCUT2D eigenvalue weighted by Gasteiger charge is 2.22. The summed E-state index contributed by atoms with van der Waals surface area (Å²) in [5.74, 6) is -0.953. The van der Waals surface area contributed by atoms with E-state index in [0.717, 1.165) is 15.6 Å². The molecule has 1 heterocycles. The molecule has 124 valence electrons. The van der Waals surface area contributed by atoms with E-state index >= 15 is 0 Å². The van der Waals surface area contributed by atoms with Gasteiger partial charge in [0, 0.05) is 10.7 Å². The van der Waals surface area contributed by atoms with Crippen molar-refractivity contribution in [2.24, 2.45) is 0 Å². The van der Waals surface area contributed by atoms with Gasteiger partial charge in [0.1, 0.15) is 5.60 Å². The van der Waals surface area contributed by atoms with E-state index < -0.39 is 23.7 Å². The number of benzene rings is 1. The lowest BCUT2D eigenvalue weighted by Gasteiger charge is -2.23. The zero-order chi connectivity index (χ0) is 17.0. The van der Waals surface area contributed by atoms with Gasteiger partial charge >= 0.3 is 12.1 Å². The number of carbonyl (C=O) groups excluding carboxylic acids is 1. The molecule has 1 aromatic heterocycles. The molecule has 0 radical (unpaired) electrons. The minimum atomic E-state index is -0.953. The standard InChI is InChI=1S/C17H21NO4S/c1-17(2,3)22-16(21)18-12(9-15(19)20)8-11-10-23-14-7-5-4-6-13(11)14/h4-7,10,12H,8-9H2,1-3H3,(H,18,21)(H,19,20)/t12-/m0/s1. The average molecular weight is 335 g/mol. The van der Waals surface area contributed by atoms with Gasteiger partial charge in [-0.25, -0.2) is 4.79 Å². The molecule has 0 bridgehead atoms. The van der Waals surface area contributed by atoms with Gasteiger partial charge < -0.3 is 15.2 Å². The lowest BCUT2D eigenvalue weighted by Crippen LogP contribution is -2.41. The summed E-state index contributed by atoms with van der Waals surface area (Å²) in [5.41, 5.74) is 0.417. The van der Waals surface area contributed by atoms with Crippen LogP contribution in [0.2, 0.25) is 0 Å².